The molecule has 0 fully saturated rings. The predicted octanol–water partition coefficient (Wildman–Crippen LogP) is -1.47. The number of carbonyl (C=O) groups excluding carboxylic acids is 3. The lowest BCUT2D eigenvalue weighted by atomic mass is 10.1. The molecule has 3 amide bonds. The van der Waals surface area contributed by atoms with Crippen molar-refractivity contribution in [2.75, 3.05) is 24.3 Å². The standard InChI is InChI=1S/C19H35N5O7S2/c1-33-9-7-11(21)16(27)22-13(5-6-15(25)26)18(29)23-12(4-2-3-8-20)17(28)24-14(10-32)19(30)31/h11-14,32H,2-10,20-21H2,1H3,(H,22,27)(H,23,29)(H,24,28)(H,25,26)(H,30,31). The Kier molecular flexibility index (Phi) is 16.4. The van der Waals surface area contributed by atoms with Crippen LogP contribution in [0, 0.1) is 0 Å². The van der Waals surface area contributed by atoms with Gasteiger partial charge in [-0.3, -0.25) is 19.2 Å². The van der Waals surface area contributed by atoms with Gasteiger partial charge in [0.25, 0.3) is 0 Å². The minimum Gasteiger partial charge on any atom is -0.481 e. The number of thiol groups is 1. The molecule has 0 aromatic rings. The third kappa shape index (κ3) is 13.3. The molecular formula is C19H35N5O7S2. The van der Waals surface area contributed by atoms with Gasteiger partial charge in [-0.15, -0.1) is 0 Å². The monoisotopic (exact) mass is 509 g/mol. The summed E-state index contributed by atoms with van der Waals surface area (Å²) in [7, 11) is 0. The lowest BCUT2D eigenvalue weighted by molar-refractivity contribution is -0.141. The number of nitrogens with one attached hydrogen (secondary N) is 3. The summed E-state index contributed by atoms with van der Waals surface area (Å²) in [6, 6.07) is -4.49. The van der Waals surface area contributed by atoms with Crippen LogP contribution in [0.3, 0.4) is 0 Å². The Bertz CT molecular complexity index is 668. The number of thioether (sulfide) groups is 1. The van der Waals surface area contributed by atoms with E-state index in [4.69, 9.17) is 21.7 Å². The second-order valence-electron chi connectivity index (χ2n) is 7.31. The Hall–Kier alpha value is -2.03. The zero-order chi connectivity index (χ0) is 25.4. The van der Waals surface area contributed by atoms with Gasteiger partial charge in [-0.25, -0.2) is 4.79 Å². The average Bonchev–Trinajstić information content (AvgIpc) is 2.76. The average molecular weight is 510 g/mol. The van der Waals surface area contributed by atoms with Crippen LogP contribution in [0.15, 0.2) is 0 Å². The van der Waals surface area contributed by atoms with Gasteiger partial charge in [0, 0.05) is 12.2 Å². The molecule has 9 N–H and O–H groups in total. The SMILES string of the molecule is CSCCC(N)C(=O)NC(CCC(=O)O)C(=O)NC(CCCCN)C(=O)NC(CS)C(=O)O. The van der Waals surface area contributed by atoms with Crippen molar-refractivity contribution < 1.29 is 34.2 Å². The van der Waals surface area contributed by atoms with Crippen LogP contribution in [-0.2, 0) is 24.0 Å². The number of aliphatic carboxylic acids is 2. The number of hydrogen-bond acceptors (Lipinski definition) is 9. The van der Waals surface area contributed by atoms with Gasteiger partial charge in [0.2, 0.25) is 17.7 Å². The molecule has 0 radical (unpaired) electrons. The van der Waals surface area contributed by atoms with Gasteiger partial charge in [0.15, 0.2) is 0 Å². The van der Waals surface area contributed by atoms with Crippen LogP contribution < -0.4 is 27.4 Å². The van der Waals surface area contributed by atoms with Crippen LogP contribution in [0.2, 0.25) is 0 Å². The maximum absolute atomic E-state index is 12.9. The first kappa shape index (κ1) is 31.0. The van der Waals surface area contributed by atoms with Crippen molar-refractivity contribution >= 4 is 54.1 Å². The van der Waals surface area contributed by atoms with E-state index in [-0.39, 0.29) is 18.6 Å². The molecule has 0 spiro atoms. The van der Waals surface area contributed by atoms with E-state index >= 15 is 0 Å². The van der Waals surface area contributed by atoms with Gasteiger partial charge in [-0.05, 0) is 50.7 Å². The Morgan fingerprint density at radius 2 is 1.42 bits per heavy atom. The summed E-state index contributed by atoms with van der Waals surface area (Å²) in [5, 5.41) is 25.4. The minimum atomic E-state index is -1.28. The van der Waals surface area contributed by atoms with Gasteiger partial charge >= 0.3 is 11.9 Å². The molecule has 4 atom stereocenters. The second-order valence-corrected chi connectivity index (χ2v) is 8.66. The first-order chi connectivity index (χ1) is 15.6. The number of hydrogen-bond donors (Lipinski definition) is 8. The van der Waals surface area contributed by atoms with Crippen molar-refractivity contribution in [2.24, 2.45) is 11.5 Å². The number of carboxylic acid groups (broad SMARTS) is 2. The summed E-state index contributed by atoms with van der Waals surface area (Å²) in [5.74, 6) is -4.09. The highest BCUT2D eigenvalue weighted by Crippen LogP contribution is 2.06. The third-order valence-corrected chi connectivity index (χ3v) is 5.64. The fourth-order valence-corrected chi connectivity index (χ4v) is 3.42. The second kappa shape index (κ2) is 17.4. The molecule has 33 heavy (non-hydrogen) atoms. The molecule has 0 aromatic carbocycles. The molecule has 0 bridgehead atoms. The van der Waals surface area contributed by atoms with E-state index in [1.54, 1.807) is 0 Å². The molecule has 0 aliphatic heterocycles. The van der Waals surface area contributed by atoms with Crippen molar-refractivity contribution in [3.63, 3.8) is 0 Å². The first-order valence-corrected chi connectivity index (χ1v) is 12.5. The van der Waals surface area contributed by atoms with Crippen LogP contribution >= 0.6 is 24.4 Å². The van der Waals surface area contributed by atoms with Gasteiger partial charge < -0.3 is 37.6 Å². The van der Waals surface area contributed by atoms with E-state index in [1.165, 1.54) is 11.8 Å². The van der Waals surface area contributed by atoms with E-state index in [0.29, 0.717) is 31.6 Å². The van der Waals surface area contributed by atoms with Crippen molar-refractivity contribution in [1.29, 1.82) is 0 Å². The normalized spacial score (nSPS) is 14.4. The van der Waals surface area contributed by atoms with Crippen LogP contribution in [0.1, 0.15) is 38.5 Å². The van der Waals surface area contributed by atoms with E-state index in [9.17, 15) is 24.0 Å². The van der Waals surface area contributed by atoms with Crippen LogP contribution in [-0.4, -0.2) is 88.3 Å². The molecule has 0 heterocycles. The Balaban J connectivity index is 5.43. The maximum Gasteiger partial charge on any atom is 0.327 e. The molecular weight excluding hydrogens is 474 g/mol. The number of unbranched alkanes of at least 4 members (excludes halogenated alkanes) is 1. The lowest BCUT2D eigenvalue weighted by Gasteiger charge is -2.25. The highest BCUT2D eigenvalue weighted by atomic mass is 32.2. The molecule has 4 unspecified atom stereocenters. The summed E-state index contributed by atoms with van der Waals surface area (Å²) in [5.41, 5.74) is 11.3. The summed E-state index contributed by atoms with van der Waals surface area (Å²) >= 11 is 5.40. The fourth-order valence-electron chi connectivity index (χ4n) is 2.68. The summed E-state index contributed by atoms with van der Waals surface area (Å²) < 4.78 is 0. The number of amides is 3. The molecule has 0 saturated heterocycles. The van der Waals surface area contributed by atoms with E-state index in [2.05, 4.69) is 28.6 Å². The topological polar surface area (TPSA) is 214 Å². The Labute approximate surface area is 202 Å². The number of nitrogens with two attached hydrogens (primary N) is 2. The number of carboxylic acids is 2. The van der Waals surface area contributed by atoms with Crippen molar-refractivity contribution in [1.82, 2.24) is 16.0 Å². The summed E-state index contributed by atoms with van der Waals surface area (Å²) in [4.78, 5) is 60.1. The van der Waals surface area contributed by atoms with E-state index < -0.39 is 60.2 Å². The van der Waals surface area contributed by atoms with Gasteiger partial charge in [-0.2, -0.15) is 24.4 Å². The summed E-state index contributed by atoms with van der Waals surface area (Å²) in [6.45, 7) is 0.363. The lowest BCUT2D eigenvalue weighted by Crippen LogP contribution is -2.57. The predicted molar refractivity (Wildman–Crippen MR) is 128 cm³/mol. The fraction of sp³-hybridized carbons (Fsp3) is 0.737. The molecule has 14 heteroatoms. The van der Waals surface area contributed by atoms with Gasteiger partial charge in [-0.1, -0.05) is 0 Å². The third-order valence-electron chi connectivity index (χ3n) is 4.63. The van der Waals surface area contributed by atoms with E-state index in [0.717, 1.165) is 0 Å². The number of carbonyl (C=O) groups is 5. The highest BCUT2D eigenvalue weighted by molar-refractivity contribution is 7.98. The van der Waals surface area contributed by atoms with Crippen LogP contribution in [0.4, 0.5) is 0 Å². The van der Waals surface area contributed by atoms with Crippen molar-refractivity contribution in [3.8, 4) is 0 Å². The number of rotatable bonds is 18. The molecule has 0 aliphatic carbocycles. The van der Waals surface area contributed by atoms with E-state index in [1.807, 2.05) is 6.26 Å². The quantitative estimate of drug-likeness (QED) is 0.0793. The highest BCUT2D eigenvalue weighted by Gasteiger charge is 2.30. The van der Waals surface area contributed by atoms with Crippen LogP contribution in [0.5, 0.6) is 0 Å². The first-order valence-electron chi connectivity index (χ1n) is 10.5. The largest absolute Gasteiger partial charge is 0.481 e. The van der Waals surface area contributed by atoms with Gasteiger partial charge in [0.1, 0.15) is 18.1 Å². The molecule has 0 aromatic heterocycles. The maximum atomic E-state index is 12.9. The zero-order valence-corrected chi connectivity index (χ0v) is 20.3. The molecule has 190 valence electrons. The Morgan fingerprint density at radius 1 is 0.879 bits per heavy atom. The van der Waals surface area contributed by atoms with Crippen molar-refractivity contribution in [2.45, 2.75) is 62.7 Å². The molecule has 0 saturated carbocycles. The van der Waals surface area contributed by atoms with Crippen molar-refractivity contribution in [3.05, 3.63) is 0 Å². The Morgan fingerprint density at radius 3 is 1.91 bits per heavy atom. The molecule has 12 nitrogen and oxygen atoms in total. The van der Waals surface area contributed by atoms with Gasteiger partial charge in [0.05, 0.1) is 6.04 Å². The smallest absolute Gasteiger partial charge is 0.327 e. The molecule has 0 rings (SSSR count). The minimum absolute atomic E-state index is 0.157. The zero-order valence-electron chi connectivity index (χ0n) is 18.6. The summed E-state index contributed by atoms with van der Waals surface area (Å²) in [6.07, 6.45) is 2.81. The van der Waals surface area contributed by atoms with Crippen LogP contribution in [0.25, 0.3) is 0 Å². The molecule has 0 aliphatic rings.